The quantitative estimate of drug-likeness (QED) is 0.891. The second-order valence-corrected chi connectivity index (χ2v) is 6.23. The van der Waals surface area contributed by atoms with Crippen LogP contribution in [0.15, 0.2) is 0 Å². The minimum atomic E-state index is 0.410. The molecule has 2 rings (SSSR count). The zero-order valence-electron chi connectivity index (χ0n) is 12.4. The summed E-state index contributed by atoms with van der Waals surface area (Å²) < 4.78 is 2.05. The fourth-order valence-corrected chi connectivity index (χ4v) is 3.07. The lowest BCUT2D eigenvalue weighted by Crippen LogP contribution is -2.41. The van der Waals surface area contributed by atoms with Crippen molar-refractivity contribution in [3.8, 4) is 0 Å². The third-order valence-corrected chi connectivity index (χ3v) is 3.87. The molecule has 4 heteroatoms. The lowest BCUT2D eigenvalue weighted by atomic mass is 9.84. The number of nitrogens with one attached hydrogen (secondary N) is 1. The summed E-state index contributed by atoms with van der Waals surface area (Å²) in [6, 6.07) is 0. The fraction of sp³-hybridized carbons (Fsp3) is 0.786. The van der Waals surface area contributed by atoms with Gasteiger partial charge in [-0.2, -0.15) is 5.10 Å². The van der Waals surface area contributed by atoms with Crippen LogP contribution in [-0.2, 0) is 13.6 Å². The van der Waals surface area contributed by atoms with Gasteiger partial charge >= 0.3 is 0 Å². The second kappa shape index (κ2) is 4.92. The Kier molecular flexibility index (Phi) is 3.66. The molecule has 1 saturated heterocycles. The molecule has 102 valence electrons. The Morgan fingerprint density at radius 2 is 2.11 bits per heavy atom. The van der Waals surface area contributed by atoms with Gasteiger partial charge in [-0.25, -0.2) is 0 Å². The van der Waals surface area contributed by atoms with Crippen LogP contribution in [-0.4, -0.2) is 29.9 Å². The Morgan fingerprint density at radius 3 is 2.72 bits per heavy atom. The zero-order chi connectivity index (χ0) is 13.3. The predicted octanol–water partition coefficient (Wildman–Crippen LogP) is 2.07. The van der Waals surface area contributed by atoms with Crippen molar-refractivity contribution < 1.29 is 0 Å². The summed E-state index contributed by atoms with van der Waals surface area (Å²) in [5.41, 5.74) is 2.90. The molecular weight excluding hydrogens is 224 g/mol. The highest BCUT2D eigenvalue weighted by Gasteiger charge is 2.29. The Balaban J connectivity index is 2.32. The summed E-state index contributed by atoms with van der Waals surface area (Å²) >= 11 is 0. The van der Waals surface area contributed by atoms with E-state index < -0.39 is 0 Å². The van der Waals surface area contributed by atoms with Crippen LogP contribution in [0.1, 0.15) is 37.9 Å². The van der Waals surface area contributed by atoms with E-state index in [1.54, 1.807) is 0 Å². The average Bonchev–Trinajstić information content (AvgIpc) is 2.53. The molecule has 1 aliphatic rings. The summed E-state index contributed by atoms with van der Waals surface area (Å²) in [7, 11) is 4.06. The maximum Gasteiger partial charge on any atom is 0.131 e. The summed E-state index contributed by atoms with van der Waals surface area (Å²) in [6.45, 7) is 10.00. The predicted molar refractivity (Wildman–Crippen MR) is 75.9 cm³/mol. The Labute approximate surface area is 110 Å². The molecule has 2 heterocycles. The van der Waals surface area contributed by atoms with E-state index in [0.717, 1.165) is 25.3 Å². The van der Waals surface area contributed by atoms with Gasteiger partial charge in [-0.1, -0.05) is 13.8 Å². The third kappa shape index (κ3) is 2.53. The van der Waals surface area contributed by atoms with Crippen molar-refractivity contribution in [3.05, 3.63) is 11.3 Å². The second-order valence-electron chi connectivity index (χ2n) is 6.23. The number of anilines is 1. The van der Waals surface area contributed by atoms with Crippen LogP contribution in [0.4, 0.5) is 5.82 Å². The van der Waals surface area contributed by atoms with Crippen molar-refractivity contribution in [1.29, 1.82) is 0 Å². The van der Waals surface area contributed by atoms with Gasteiger partial charge in [0.15, 0.2) is 0 Å². The molecule has 0 spiro atoms. The van der Waals surface area contributed by atoms with E-state index in [4.69, 9.17) is 0 Å². The number of aromatic nitrogens is 2. The molecule has 4 nitrogen and oxygen atoms in total. The van der Waals surface area contributed by atoms with Crippen molar-refractivity contribution in [2.24, 2.45) is 12.5 Å². The highest BCUT2D eigenvalue weighted by Crippen LogP contribution is 2.33. The first-order chi connectivity index (χ1) is 8.44. The molecule has 0 radical (unpaired) electrons. The number of piperidine rings is 1. The number of hydrogen-bond acceptors (Lipinski definition) is 3. The van der Waals surface area contributed by atoms with Crippen LogP contribution < -0.4 is 10.2 Å². The summed E-state index contributed by atoms with van der Waals surface area (Å²) in [5.74, 6) is 1.30. The first-order valence-electron chi connectivity index (χ1n) is 6.86. The minimum Gasteiger partial charge on any atom is -0.356 e. The molecule has 0 amide bonds. The van der Waals surface area contributed by atoms with E-state index in [1.165, 1.54) is 24.2 Å². The molecular formula is C14H26N4. The minimum absolute atomic E-state index is 0.410. The molecule has 0 aromatic carbocycles. The van der Waals surface area contributed by atoms with E-state index in [0.29, 0.717) is 5.41 Å². The Morgan fingerprint density at radius 1 is 1.39 bits per heavy atom. The molecule has 18 heavy (non-hydrogen) atoms. The van der Waals surface area contributed by atoms with Gasteiger partial charge in [0.25, 0.3) is 0 Å². The van der Waals surface area contributed by atoms with Crippen LogP contribution in [0.3, 0.4) is 0 Å². The zero-order valence-corrected chi connectivity index (χ0v) is 12.4. The molecule has 1 N–H and O–H groups in total. The average molecular weight is 250 g/mol. The lowest BCUT2D eigenvalue weighted by Gasteiger charge is -2.39. The van der Waals surface area contributed by atoms with Gasteiger partial charge in [0, 0.05) is 32.2 Å². The van der Waals surface area contributed by atoms with Crippen LogP contribution in [0, 0.1) is 12.3 Å². The molecule has 0 atom stereocenters. The Bertz CT molecular complexity index is 420. The van der Waals surface area contributed by atoms with Crippen LogP contribution in [0.5, 0.6) is 0 Å². The molecule has 1 fully saturated rings. The summed E-state index contributed by atoms with van der Waals surface area (Å²) in [6.07, 6.45) is 2.60. The summed E-state index contributed by atoms with van der Waals surface area (Å²) in [5, 5.41) is 7.85. The number of aryl methyl sites for hydroxylation is 2. The maximum atomic E-state index is 4.59. The monoisotopic (exact) mass is 250 g/mol. The maximum absolute atomic E-state index is 4.59. The normalized spacial score (nSPS) is 19.3. The van der Waals surface area contributed by atoms with Crippen LogP contribution >= 0.6 is 0 Å². The van der Waals surface area contributed by atoms with Gasteiger partial charge in [-0.05, 0) is 32.2 Å². The van der Waals surface area contributed by atoms with Crippen molar-refractivity contribution >= 4 is 5.82 Å². The van der Waals surface area contributed by atoms with Crippen molar-refractivity contribution in [1.82, 2.24) is 15.1 Å². The fourth-order valence-electron chi connectivity index (χ4n) is 3.07. The SMILES string of the molecule is CNCc1c(C)nn(C)c1N1CCCC(C)(C)C1. The number of hydrogen-bond donors (Lipinski definition) is 1. The van der Waals surface area contributed by atoms with Gasteiger partial charge in [-0.3, -0.25) is 4.68 Å². The molecule has 0 bridgehead atoms. The number of nitrogens with zero attached hydrogens (tertiary/aromatic N) is 3. The van der Waals surface area contributed by atoms with Crippen molar-refractivity contribution in [2.45, 2.75) is 40.2 Å². The molecule has 1 aromatic heterocycles. The lowest BCUT2D eigenvalue weighted by molar-refractivity contribution is 0.290. The van der Waals surface area contributed by atoms with E-state index in [9.17, 15) is 0 Å². The van der Waals surface area contributed by atoms with E-state index >= 15 is 0 Å². The van der Waals surface area contributed by atoms with Gasteiger partial charge < -0.3 is 10.2 Å². The standard InChI is InChI=1S/C14H26N4/c1-11-12(9-15-4)13(17(5)16-11)18-8-6-7-14(2,3)10-18/h15H,6-10H2,1-5H3. The van der Waals surface area contributed by atoms with E-state index in [-0.39, 0.29) is 0 Å². The van der Waals surface area contributed by atoms with Gasteiger partial charge in [0.05, 0.1) is 5.69 Å². The molecule has 0 saturated carbocycles. The van der Waals surface area contributed by atoms with E-state index in [2.05, 4.69) is 43.1 Å². The number of rotatable bonds is 3. The van der Waals surface area contributed by atoms with Gasteiger partial charge in [0.1, 0.15) is 5.82 Å². The highest BCUT2D eigenvalue weighted by atomic mass is 15.4. The van der Waals surface area contributed by atoms with Crippen molar-refractivity contribution in [3.63, 3.8) is 0 Å². The first kappa shape index (κ1) is 13.4. The van der Waals surface area contributed by atoms with Crippen LogP contribution in [0.25, 0.3) is 0 Å². The van der Waals surface area contributed by atoms with Crippen LogP contribution in [0.2, 0.25) is 0 Å². The smallest absolute Gasteiger partial charge is 0.131 e. The Hall–Kier alpha value is -1.03. The van der Waals surface area contributed by atoms with E-state index in [1.807, 2.05) is 11.7 Å². The highest BCUT2D eigenvalue weighted by molar-refractivity contribution is 5.50. The third-order valence-electron chi connectivity index (χ3n) is 3.87. The van der Waals surface area contributed by atoms with Gasteiger partial charge in [0.2, 0.25) is 0 Å². The van der Waals surface area contributed by atoms with Crippen molar-refractivity contribution in [2.75, 3.05) is 25.0 Å². The largest absolute Gasteiger partial charge is 0.356 e. The molecule has 0 unspecified atom stereocenters. The topological polar surface area (TPSA) is 33.1 Å². The first-order valence-corrected chi connectivity index (χ1v) is 6.86. The van der Waals surface area contributed by atoms with Gasteiger partial charge in [-0.15, -0.1) is 0 Å². The molecule has 1 aliphatic heterocycles. The molecule has 1 aromatic rings. The summed E-state index contributed by atoms with van der Waals surface area (Å²) in [4.78, 5) is 2.51. The molecule has 0 aliphatic carbocycles.